The van der Waals surface area contributed by atoms with Crippen molar-refractivity contribution in [2.45, 2.75) is 0 Å². The van der Waals surface area contributed by atoms with Crippen LogP contribution in [0, 0.1) is 0 Å². The van der Waals surface area contributed by atoms with Crippen LogP contribution >= 0.6 is 15.9 Å². The van der Waals surface area contributed by atoms with E-state index in [9.17, 15) is 9.90 Å². The quantitative estimate of drug-likeness (QED) is 0.824. The van der Waals surface area contributed by atoms with Crippen LogP contribution in [0.5, 0.6) is 5.75 Å². The molecular weight excluding hydrogens is 264 g/mol. The molecule has 0 unspecified atom stereocenters. The zero-order chi connectivity index (χ0) is 11.0. The molecule has 0 aliphatic rings. The summed E-state index contributed by atoms with van der Waals surface area (Å²) in [5.74, 6) is -1.56. The lowest BCUT2D eigenvalue weighted by Gasteiger charge is -2.04. The predicted octanol–water partition coefficient (Wildman–Crippen LogP) is 1.80. The molecule has 0 saturated carbocycles. The van der Waals surface area contributed by atoms with Gasteiger partial charge in [-0.25, -0.2) is 4.79 Å². The number of hydrogen-bond donors (Lipinski definition) is 2. The Morgan fingerprint density at radius 3 is 2.47 bits per heavy atom. The van der Waals surface area contributed by atoms with Gasteiger partial charge in [-0.05, 0) is 22.0 Å². The van der Waals surface area contributed by atoms with Crippen LogP contribution in [-0.4, -0.2) is 26.2 Å². The number of halogens is 1. The van der Waals surface area contributed by atoms with Crippen molar-refractivity contribution in [2.75, 3.05) is 0 Å². The van der Waals surface area contributed by atoms with Crippen LogP contribution in [0.4, 0.5) is 0 Å². The first kappa shape index (κ1) is 9.85. The van der Waals surface area contributed by atoms with Crippen molar-refractivity contribution >= 4 is 32.9 Å². The second kappa shape index (κ2) is 3.47. The highest BCUT2D eigenvalue weighted by Gasteiger charge is 2.17. The summed E-state index contributed by atoms with van der Waals surface area (Å²) in [4.78, 5) is 18.8. The molecule has 6 heteroatoms. The van der Waals surface area contributed by atoms with Crippen molar-refractivity contribution in [3.05, 3.63) is 28.5 Å². The second-order valence-electron chi connectivity index (χ2n) is 2.81. The van der Waals surface area contributed by atoms with Gasteiger partial charge in [-0.2, -0.15) is 0 Å². The maximum Gasteiger partial charge on any atom is 0.341 e. The van der Waals surface area contributed by atoms with E-state index in [1.54, 1.807) is 0 Å². The van der Waals surface area contributed by atoms with E-state index in [2.05, 4.69) is 25.9 Å². The normalized spacial score (nSPS) is 10.5. The SMILES string of the molecule is O=C(O)c1c(O)cc(Br)c2nccnc12. The number of aromatic nitrogens is 2. The molecule has 15 heavy (non-hydrogen) atoms. The Kier molecular flexibility index (Phi) is 2.28. The number of carboxylic acids is 1. The molecule has 1 aromatic carbocycles. The van der Waals surface area contributed by atoms with E-state index < -0.39 is 5.97 Å². The molecule has 1 heterocycles. The van der Waals surface area contributed by atoms with E-state index in [-0.39, 0.29) is 16.8 Å². The van der Waals surface area contributed by atoms with Crippen molar-refractivity contribution in [1.29, 1.82) is 0 Å². The number of carbonyl (C=O) groups is 1. The molecule has 0 fully saturated rings. The Morgan fingerprint density at radius 1 is 1.27 bits per heavy atom. The Balaban J connectivity index is 2.96. The molecule has 0 bridgehead atoms. The summed E-state index contributed by atoms with van der Waals surface area (Å²) >= 11 is 3.18. The summed E-state index contributed by atoms with van der Waals surface area (Å²) in [5.41, 5.74) is 0.339. The highest BCUT2D eigenvalue weighted by molar-refractivity contribution is 9.10. The molecule has 0 aliphatic heterocycles. The number of benzene rings is 1. The average Bonchev–Trinajstić information content (AvgIpc) is 2.17. The summed E-state index contributed by atoms with van der Waals surface area (Å²) in [7, 11) is 0. The number of phenols is 1. The molecule has 2 rings (SSSR count). The number of nitrogens with zero attached hydrogens (tertiary/aromatic N) is 2. The van der Waals surface area contributed by atoms with Gasteiger partial charge in [-0.3, -0.25) is 9.97 Å². The van der Waals surface area contributed by atoms with Crippen molar-refractivity contribution in [3.8, 4) is 5.75 Å². The third-order valence-electron chi connectivity index (χ3n) is 1.89. The van der Waals surface area contributed by atoms with E-state index in [0.29, 0.717) is 9.99 Å². The van der Waals surface area contributed by atoms with Crippen LogP contribution in [0.2, 0.25) is 0 Å². The molecule has 0 aliphatic carbocycles. The first-order valence-electron chi connectivity index (χ1n) is 3.96. The molecule has 1 aromatic heterocycles. The minimum atomic E-state index is -1.23. The number of aromatic carboxylic acids is 1. The van der Waals surface area contributed by atoms with Gasteiger partial charge in [0.2, 0.25) is 0 Å². The highest BCUT2D eigenvalue weighted by Crippen LogP contribution is 2.30. The number of fused-ring (bicyclic) bond motifs is 1. The van der Waals surface area contributed by atoms with Gasteiger partial charge < -0.3 is 10.2 Å². The Labute approximate surface area is 92.5 Å². The molecule has 0 saturated heterocycles. The molecule has 2 aromatic rings. The van der Waals surface area contributed by atoms with Crippen LogP contribution in [-0.2, 0) is 0 Å². The fourth-order valence-electron chi connectivity index (χ4n) is 1.29. The molecule has 0 amide bonds. The summed E-state index contributed by atoms with van der Waals surface area (Å²) in [6.07, 6.45) is 2.83. The summed E-state index contributed by atoms with van der Waals surface area (Å²) < 4.78 is 0.508. The van der Waals surface area contributed by atoms with Gasteiger partial charge in [0.05, 0.1) is 0 Å². The number of aromatic hydroxyl groups is 1. The summed E-state index contributed by atoms with van der Waals surface area (Å²) in [6.45, 7) is 0. The minimum Gasteiger partial charge on any atom is -0.507 e. The smallest absolute Gasteiger partial charge is 0.341 e. The van der Waals surface area contributed by atoms with Gasteiger partial charge in [-0.1, -0.05) is 0 Å². The predicted molar refractivity (Wildman–Crippen MR) is 55.9 cm³/mol. The standard InChI is InChI=1S/C9H5BrN2O3/c10-4-3-5(13)6(9(14)15)8-7(4)11-1-2-12-8/h1-3,13H,(H,14,15). The minimum absolute atomic E-state index is 0.164. The average molecular weight is 269 g/mol. The first-order chi connectivity index (χ1) is 7.11. The van der Waals surface area contributed by atoms with Crippen LogP contribution < -0.4 is 0 Å². The Morgan fingerprint density at radius 2 is 1.87 bits per heavy atom. The van der Waals surface area contributed by atoms with E-state index in [1.807, 2.05) is 0 Å². The molecular formula is C9H5BrN2O3. The van der Waals surface area contributed by atoms with Crippen LogP contribution in [0.15, 0.2) is 22.9 Å². The molecule has 0 spiro atoms. The summed E-state index contributed by atoms with van der Waals surface area (Å²) in [5, 5.41) is 18.4. The monoisotopic (exact) mass is 268 g/mol. The van der Waals surface area contributed by atoms with Crippen molar-refractivity contribution in [3.63, 3.8) is 0 Å². The first-order valence-corrected chi connectivity index (χ1v) is 4.76. The molecule has 0 radical (unpaired) electrons. The molecule has 5 nitrogen and oxygen atoms in total. The second-order valence-corrected chi connectivity index (χ2v) is 3.67. The third-order valence-corrected chi connectivity index (χ3v) is 2.50. The van der Waals surface area contributed by atoms with Gasteiger partial charge in [-0.15, -0.1) is 0 Å². The van der Waals surface area contributed by atoms with E-state index in [4.69, 9.17) is 5.11 Å². The lowest BCUT2D eigenvalue weighted by Crippen LogP contribution is -2.00. The zero-order valence-corrected chi connectivity index (χ0v) is 8.89. The Hall–Kier alpha value is -1.69. The molecule has 2 N–H and O–H groups in total. The lowest BCUT2D eigenvalue weighted by molar-refractivity contribution is 0.0696. The zero-order valence-electron chi connectivity index (χ0n) is 7.31. The van der Waals surface area contributed by atoms with Crippen LogP contribution in [0.25, 0.3) is 11.0 Å². The van der Waals surface area contributed by atoms with E-state index in [1.165, 1.54) is 18.5 Å². The van der Waals surface area contributed by atoms with Crippen molar-refractivity contribution in [2.24, 2.45) is 0 Å². The van der Waals surface area contributed by atoms with Crippen LogP contribution in [0.1, 0.15) is 10.4 Å². The highest BCUT2D eigenvalue weighted by atomic mass is 79.9. The fourth-order valence-corrected chi connectivity index (χ4v) is 1.80. The molecule has 76 valence electrons. The number of rotatable bonds is 1. The molecule has 0 atom stereocenters. The van der Waals surface area contributed by atoms with Gasteiger partial charge in [0.1, 0.15) is 22.3 Å². The maximum atomic E-state index is 10.9. The third kappa shape index (κ3) is 1.52. The van der Waals surface area contributed by atoms with Gasteiger partial charge >= 0.3 is 5.97 Å². The van der Waals surface area contributed by atoms with Crippen molar-refractivity contribution < 1.29 is 15.0 Å². The largest absolute Gasteiger partial charge is 0.507 e. The van der Waals surface area contributed by atoms with Crippen LogP contribution in [0.3, 0.4) is 0 Å². The summed E-state index contributed by atoms with van der Waals surface area (Å²) in [6, 6.07) is 1.29. The van der Waals surface area contributed by atoms with Crippen molar-refractivity contribution in [1.82, 2.24) is 9.97 Å². The van der Waals surface area contributed by atoms with E-state index in [0.717, 1.165) is 0 Å². The lowest BCUT2D eigenvalue weighted by atomic mass is 10.1. The van der Waals surface area contributed by atoms with Gasteiger partial charge in [0, 0.05) is 16.9 Å². The number of carboxylic acid groups (broad SMARTS) is 1. The Bertz CT molecular complexity index is 556. The fraction of sp³-hybridized carbons (Fsp3) is 0. The van der Waals surface area contributed by atoms with E-state index >= 15 is 0 Å². The topological polar surface area (TPSA) is 83.3 Å². The van der Waals surface area contributed by atoms with Gasteiger partial charge in [0.15, 0.2) is 0 Å². The van der Waals surface area contributed by atoms with Gasteiger partial charge in [0.25, 0.3) is 0 Å². The number of hydrogen-bond acceptors (Lipinski definition) is 4. The maximum absolute atomic E-state index is 10.9.